The zero-order valence-electron chi connectivity index (χ0n) is 18.9. The average Bonchev–Trinajstić information content (AvgIpc) is 2.87. The summed E-state index contributed by atoms with van der Waals surface area (Å²) in [7, 11) is 0. The second kappa shape index (κ2) is 9.03. The van der Waals surface area contributed by atoms with E-state index in [4.69, 9.17) is 4.74 Å². The molecule has 3 aliphatic heterocycles. The number of amides is 1. The molecular weight excluding hydrogens is 465 g/mol. The Morgan fingerprint density at radius 3 is 2.54 bits per heavy atom. The van der Waals surface area contributed by atoms with Crippen molar-refractivity contribution >= 4 is 23.0 Å². The quantitative estimate of drug-likeness (QED) is 0.485. The van der Waals surface area contributed by atoms with Crippen LogP contribution in [0.5, 0.6) is 0 Å². The summed E-state index contributed by atoms with van der Waals surface area (Å²) in [6, 6.07) is 9.85. The zero-order valence-corrected chi connectivity index (χ0v) is 18.9. The van der Waals surface area contributed by atoms with Gasteiger partial charge in [0.05, 0.1) is 35.7 Å². The minimum atomic E-state index is -4.41. The Labute approximate surface area is 200 Å². The van der Waals surface area contributed by atoms with Crippen molar-refractivity contribution in [3.05, 3.63) is 63.7 Å². The van der Waals surface area contributed by atoms with Crippen molar-refractivity contribution in [2.24, 2.45) is 5.92 Å². The molecule has 3 heterocycles. The number of alkyl halides is 3. The van der Waals surface area contributed by atoms with Crippen molar-refractivity contribution in [1.29, 1.82) is 0 Å². The Kier molecular flexibility index (Phi) is 6.04. The highest BCUT2D eigenvalue weighted by molar-refractivity contribution is 5.82. The lowest BCUT2D eigenvalue weighted by Gasteiger charge is -2.47. The first-order valence-electron chi connectivity index (χ1n) is 11.5. The number of anilines is 2. The first-order chi connectivity index (χ1) is 16.7. The van der Waals surface area contributed by atoms with Gasteiger partial charge in [0.15, 0.2) is 0 Å². The summed E-state index contributed by atoms with van der Waals surface area (Å²) >= 11 is 0. The number of carbonyl (C=O) groups is 1. The Morgan fingerprint density at radius 1 is 1.06 bits per heavy atom. The van der Waals surface area contributed by atoms with E-state index in [2.05, 4.69) is 4.90 Å². The maximum absolute atomic E-state index is 13.6. The van der Waals surface area contributed by atoms with E-state index < -0.39 is 22.6 Å². The highest BCUT2D eigenvalue weighted by Gasteiger charge is 2.42. The highest BCUT2D eigenvalue weighted by atomic mass is 19.4. The third kappa shape index (κ3) is 4.52. The standard InChI is InChI=1S/C24H25F3N4O4/c25-24(26,27)17-2-1-3-18(14-17)28-6-8-29(9-7-28)23(32)20-13-16-12-19(31(33)34)4-5-21(16)30-10-11-35-15-22(20)30/h1-5,12,14,20,22H,6-11,13,15H2/t20-,22-/m0/s1. The number of rotatable bonds is 3. The van der Waals surface area contributed by atoms with Gasteiger partial charge in [-0.2, -0.15) is 13.2 Å². The molecule has 186 valence electrons. The van der Waals surface area contributed by atoms with Crippen LogP contribution in [0.15, 0.2) is 42.5 Å². The third-order valence-electron chi connectivity index (χ3n) is 7.10. The van der Waals surface area contributed by atoms with E-state index in [-0.39, 0.29) is 17.6 Å². The first kappa shape index (κ1) is 23.4. The number of nitro groups is 1. The number of piperazine rings is 1. The number of nitro benzene ring substituents is 1. The van der Waals surface area contributed by atoms with E-state index in [0.717, 1.165) is 23.4 Å². The molecule has 8 nitrogen and oxygen atoms in total. The van der Waals surface area contributed by atoms with Gasteiger partial charge in [-0.25, -0.2) is 0 Å². The fourth-order valence-electron chi connectivity index (χ4n) is 5.31. The van der Waals surface area contributed by atoms with Gasteiger partial charge in [-0.3, -0.25) is 14.9 Å². The van der Waals surface area contributed by atoms with Gasteiger partial charge in [-0.1, -0.05) is 6.07 Å². The molecule has 0 aliphatic carbocycles. The van der Waals surface area contributed by atoms with E-state index in [0.29, 0.717) is 58.0 Å². The van der Waals surface area contributed by atoms with E-state index in [9.17, 15) is 28.1 Å². The summed E-state index contributed by atoms with van der Waals surface area (Å²) in [6.45, 7) is 3.14. The second-order valence-electron chi connectivity index (χ2n) is 9.08. The summed E-state index contributed by atoms with van der Waals surface area (Å²) in [5, 5.41) is 11.3. The Morgan fingerprint density at radius 2 is 1.83 bits per heavy atom. The molecule has 2 aromatic carbocycles. The monoisotopic (exact) mass is 490 g/mol. The SMILES string of the molecule is O=C([C@H]1Cc2cc([N+](=O)[O-])ccc2N2CCOC[C@@H]12)N1CCN(c2cccc(C(F)(F)F)c2)CC1. The summed E-state index contributed by atoms with van der Waals surface area (Å²) in [5.74, 6) is -0.462. The fraction of sp³-hybridized carbons (Fsp3) is 0.458. The molecule has 0 unspecified atom stereocenters. The molecular formula is C24H25F3N4O4. The van der Waals surface area contributed by atoms with Crippen LogP contribution in [0.2, 0.25) is 0 Å². The van der Waals surface area contributed by atoms with E-state index in [1.54, 1.807) is 23.1 Å². The van der Waals surface area contributed by atoms with E-state index >= 15 is 0 Å². The van der Waals surface area contributed by atoms with Crippen LogP contribution >= 0.6 is 0 Å². The molecule has 0 N–H and O–H groups in total. The van der Waals surface area contributed by atoms with E-state index in [1.807, 2.05) is 4.90 Å². The van der Waals surface area contributed by atoms with Crippen LogP contribution in [0.1, 0.15) is 11.1 Å². The fourth-order valence-corrected chi connectivity index (χ4v) is 5.31. The molecule has 0 aromatic heterocycles. The minimum Gasteiger partial charge on any atom is -0.377 e. The summed E-state index contributed by atoms with van der Waals surface area (Å²) in [4.78, 5) is 30.2. The van der Waals surface area contributed by atoms with Gasteiger partial charge in [0, 0.05) is 56.2 Å². The lowest BCUT2D eigenvalue weighted by molar-refractivity contribution is -0.384. The van der Waals surface area contributed by atoms with Crippen LogP contribution in [-0.2, 0) is 22.1 Å². The molecule has 35 heavy (non-hydrogen) atoms. The van der Waals surface area contributed by atoms with Crippen molar-refractivity contribution in [3.8, 4) is 0 Å². The smallest absolute Gasteiger partial charge is 0.377 e. The van der Waals surface area contributed by atoms with Crippen molar-refractivity contribution < 1.29 is 27.6 Å². The summed E-state index contributed by atoms with van der Waals surface area (Å²) < 4.78 is 45.0. The maximum atomic E-state index is 13.6. The predicted molar refractivity (Wildman–Crippen MR) is 122 cm³/mol. The number of carbonyl (C=O) groups excluding carboxylic acids is 1. The third-order valence-corrected chi connectivity index (χ3v) is 7.10. The largest absolute Gasteiger partial charge is 0.416 e. The summed E-state index contributed by atoms with van der Waals surface area (Å²) in [6.07, 6.45) is -4.03. The number of ether oxygens (including phenoxy) is 1. The second-order valence-corrected chi connectivity index (χ2v) is 9.08. The molecule has 0 bridgehead atoms. The number of benzene rings is 2. The van der Waals surface area contributed by atoms with Crippen LogP contribution in [0.3, 0.4) is 0 Å². The number of nitrogens with zero attached hydrogens (tertiary/aromatic N) is 4. The molecule has 0 spiro atoms. The highest BCUT2D eigenvalue weighted by Crippen LogP contribution is 2.38. The molecule has 0 radical (unpaired) electrons. The molecule has 11 heteroatoms. The number of fused-ring (bicyclic) bond motifs is 3. The number of halogens is 3. The van der Waals surface area contributed by atoms with Crippen LogP contribution in [0.4, 0.5) is 30.2 Å². The molecule has 2 saturated heterocycles. The topological polar surface area (TPSA) is 79.2 Å². The van der Waals surface area contributed by atoms with Gasteiger partial charge < -0.3 is 19.4 Å². The van der Waals surface area contributed by atoms with Crippen molar-refractivity contribution in [2.45, 2.75) is 18.6 Å². The van der Waals surface area contributed by atoms with Crippen LogP contribution in [0, 0.1) is 16.0 Å². The number of morpholine rings is 1. The maximum Gasteiger partial charge on any atom is 0.416 e. The van der Waals surface area contributed by atoms with Crippen LogP contribution in [0.25, 0.3) is 0 Å². The molecule has 2 atom stereocenters. The van der Waals surface area contributed by atoms with Gasteiger partial charge in [0.25, 0.3) is 5.69 Å². The molecule has 0 saturated carbocycles. The van der Waals surface area contributed by atoms with Gasteiger partial charge in [-0.15, -0.1) is 0 Å². The normalized spacial score (nSPS) is 22.4. The van der Waals surface area contributed by atoms with Crippen molar-refractivity contribution in [3.63, 3.8) is 0 Å². The molecule has 3 aliphatic rings. The average molecular weight is 490 g/mol. The number of hydrogen-bond acceptors (Lipinski definition) is 6. The first-order valence-corrected chi connectivity index (χ1v) is 11.5. The molecule has 5 rings (SSSR count). The minimum absolute atomic E-state index is 0.00337. The molecule has 2 fully saturated rings. The van der Waals surface area contributed by atoms with Gasteiger partial charge in [0.1, 0.15) is 0 Å². The van der Waals surface area contributed by atoms with Gasteiger partial charge >= 0.3 is 6.18 Å². The lowest BCUT2D eigenvalue weighted by atomic mass is 9.83. The molecule has 1 amide bonds. The predicted octanol–water partition coefficient (Wildman–Crippen LogP) is 3.34. The van der Waals surface area contributed by atoms with E-state index in [1.165, 1.54) is 12.1 Å². The Hall–Kier alpha value is -3.34. The lowest BCUT2D eigenvalue weighted by Crippen LogP contribution is -2.59. The number of hydrogen-bond donors (Lipinski definition) is 0. The molecule has 2 aromatic rings. The van der Waals surface area contributed by atoms with Crippen LogP contribution in [-0.4, -0.2) is 67.7 Å². The van der Waals surface area contributed by atoms with Gasteiger partial charge in [-0.05, 0) is 36.2 Å². The summed E-state index contributed by atoms with van der Waals surface area (Å²) in [5.41, 5.74) is 1.47. The number of non-ortho nitro benzene ring substituents is 1. The van der Waals surface area contributed by atoms with Gasteiger partial charge in [0.2, 0.25) is 5.91 Å². The zero-order chi connectivity index (χ0) is 24.7. The van der Waals surface area contributed by atoms with Crippen LogP contribution < -0.4 is 9.80 Å². The van der Waals surface area contributed by atoms with Crippen molar-refractivity contribution in [1.82, 2.24) is 4.90 Å². The Bertz CT molecular complexity index is 1130. The Balaban J connectivity index is 1.32. The van der Waals surface area contributed by atoms with Crippen molar-refractivity contribution in [2.75, 3.05) is 55.7 Å².